The van der Waals surface area contributed by atoms with Crippen molar-refractivity contribution in [1.82, 2.24) is 0 Å². The van der Waals surface area contributed by atoms with E-state index in [-0.39, 0.29) is 6.61 Å². The van der Waals surface area contributed by atoms with Crippen LogP contribution in [0.2, 0.25) is 0 Å². The zero-order chi connectivity index (χ0) is 9.84. The van der Waals surface area contributed by atoms with Gasteiger partial charge in [0, 0.05) is 13.0 Å². The van der Waals surface area contributed by atoms with Crippen LogP contribution in [-0.4, -0.2) is 16.8 Å². The Morgan fingerprint density at radius 1 is 1.23 bits per heavy atom. The number of rotatable bonds is 3. The van der Waals surface area contributed by atoms with Gasteiger partial charge in [-0.2, -0.15) is 0 Å². The Kier molecular flexibility index (Phi) is 3.46. The maximum absolute atomic E-state index is 9.58. The molecular weight excluding hydrogens is 164 g/mol. The molecule has 0 heterocycles. The summed E-state index contributed by atoms with van der Waals surface area (Å²) in [6.45, 7) is 4.08. The second-order valence-corrected chi connectivity index (χ2v) is 3.37. The van der Waals surface area contributed by atoms with Gasteiger partial charge in [-0.1, -0.05) is 18.2 Å². The fourth-order valence-corrected chi connectivity index (χ4v) is 1.26. The van der Waals surface area contributed by atoms with E-state index in [0.29, 0.717) is 6.42 Å². The Hall–Kier alpha value is -0.860. The standard InChI is InChI=1S/C11H16O2/c1-8-3-4-10(7-9(8)2)11(13)5-6-12/h3-4,7,11-13H,5-6H2,1-2H3. The molecule has 0 radical (unpaired) electrons. The SMILES string of the molecule is Cc1ccc(C(O)CCO)cc1C. The van der Waals surface area contributed by atoms with Gasteiger partial charge in [-0.05, 0) is 30.5 Å². The first kappa shape index (κ1) is 10.2. The fourth-order valence-electron chi connectivity index (χ4n) is 1.26. The van der Waals surface area contributed by atoms with Crippen molar-refractivity contribution >= 4 is 0 Å². The van der Waals surface area contributed by atoms with Gasteiger partial charge in [0.2, 0.25) is 0 Å². The van der Waals surface area contributed by atoms with Gasteiger partial charge in [-0.15, -0.1) is 0 Å². The molecule has 2 nitrogen and oxygen atoms in total. The van der Waals surface area contributed by atoms with Crippen LogP contribution < -0.4 is 0 Å². The van der Waals surface area contributed by atoms with E-state index < -0.39 is 6.10 Å². The molecule has 72 valence electrons. The van der Waals surface area contributed by atoms with Crippen molar-refractivity contribution in [2.45, 2.75) is 26.4 Å². The monoisotopic (exact) mass is 180 g/mol. The number of aliphatic hydroxyl groups is 2. The lowest BCUT2D eigenvalue weighted by Gasteiger charge is -2.10. The van der Waals surface area contributed by atoms with E-state index in [4.69, 9.17) is 5.11 Å². The van der Waals surface area contributed by atoms with Gasteiger partial charge in [-0.3, -0.25) is 0 Å². The number of benzene rings is 1. The number of hydrogen-bond donors (Lipinski definition) is 2. The quantitative estimate of drug-likeness (QED) is 0.743. The van der Waals surface area contributed by atoms with Crippen LogP contribution in [-0.2, 0) is 0 Å². The van der Waals surface area contributed by atoms with Gasteiger partial charge in [0.05, 0.1) is 6.10 Å². The highest BCUT2D eigenvalue weighted by Crippen LogP contribution is 2.19. The minimum absolute atomic E-state index is 0.0219. The summed E-state index contributed by atoms with van der Waals surface area (Å²) in [6.07, 6.45) is -0.132. The van der Waals surface area contributed by atoms with Gasteiger partial charge in [-0.25, -0.2) is 0 Å². The third-order valence-corrected chi connectivity index (χ3v) is 2.32. The summed E-state index contributed by atoms with van der Waals surface area (Å²) in [4.78, 5) is 0. The summed E-state index contributed by atoms with van der Waals surface area (Å²) in [5.74, 6) is 0. The highest BCUT2D eigenvalue weighted by Gasteiger charge is 2.06. The van der Waals surface area contributed by atoms with Crippen LogP contribution in [0.25, 0.3) is 0 Å². The summed E-state index contributed by atoms with van der Waals surface area (Å²) in [7, 11) is 0. The molecule has 0 spiro atoms. The molecule has 0 saturated carbocycles. The highest BCUT2D eigenvalue weighted by molar-refractivity contribution is 5.30. The Labute approximate surface area is 78.8 Å². The molecular formula is C11H16O2. The van der Waals surface area contributed by atoms with Crippen molar-refractivity contribution in [2.24, 2.45) is 0 Å². The number of aryl methyl sites for hydroxylation is 2. The molecule has 0 amide bonds. The molecule has 1 rings (SSSR count). The molecule has 0 aliphatic rings. The zero-order valence-corrected chi connectivity index (χ0v) is 8.12. The highest BCUT2D eigenvalue weighted by atomic mass is 16.3. The molecule has 1 aromatic rings. The Morgan fingerprint density at radius 3 is 2.46 bits per heavy atom. The normalized spacial score (nSPS) is 12.9. The van der Waals surface area contributed by atoms with Crippen molar-refractivity contribution in [3.8, 4) is 0 Å². The summed E-state index contributed by atoms with van der Waals surface area (Å²) in [5, 5.41) is 18.2. The van der Waals surface area contributed by atoms with Gasteiger partial charge >= 0.3 is 0 Å². The van der Waals surface area contributed by atoms with Gasteiger partial charge in [0.1, 0.15) is 0 Å². The lowest BCUT2D eigenvalue weighted by atomic mass is 10.0. The average Bonchev–Trinajstić information content (AvgIpc) is 2.10. The Morgan fingerprint density at radius 2 is 1.92 bits per heavy atom. The van der Waals surface area contributed by atoms with E-state index >= 15 is 0 Å². The van der Waals surface area contributed by atoms with Crippen LogP contribution in [0.5, 0.6) is 0 Å². The zero-order valence-electron chi connectivity index (χ0n) is 8.12. The summed E-state index contributed by atoms with van der Waals surface area (Å²) in [5.41, 5.74) is 3.28. The number of aliphatic hydroxyl groups excluding tert-OH is 2. The van der Waals surface area contributed by atoms with Crippen LogP contribution in [0, 0.1) is 13.8 Å². The minimum Gasteiger partial charge on any atom is -0.396 e. The summed E-state index contributed by atoms with van der Waals surface area (Å²) in [6, 6.07) is 5.86. The topological polar surface area (TPSA) is 40.5 Å². The van der Waals surface area contributed by atoms with Crippen LogP contribution in [0.4, 0.5) is 0 Å². The van der Waals surface area contributed by atoms with Crippen LogP contribution >= 0.6 is 0 Å². The van der Waals surface area contributed by atoms with Crippen LogP contribution in [0.3, 0.4) is 0 Å². The van der Waals surface area contributed by atoms with Crippen molar-refractivity contribution in [3.05, 3.63) is 34.9 Å². The molecule has 1 atom stereocenters. The fraction of sp³-hybridized carbons (Fsp3) is 0.455. The molecule has 0 bridgehead atoms. The largest absolute Gasteiger partial charge is 0.396 e. The average molecular weight is 180 g/mol. The molecule has 1 unspecified atom stereocenters. The van der Waals surface area contributed by atoms with Crippen molar-refractivity contribution < 1.29 is 10.2 Å². The first-order valence-electron chi connectivity index (χ1n) is 4.51. The third kappa shape index (κ3) is 2.54. The second-order valence-electron chi connectivity index (χ2n) is 3.37. The molecule has 0 aliphatic carbocycles. The smallest absolute Gasteiger partial charge is 0.0812 e. The molecule has 13 heavy (non-hydrogen) atoms. The minimum atomic E-state index is -0.538. The molecule has 0 saturated heterocycles. The maximum atomic E-state index is 9.58. The molecule has 0 aliphatic heterocycles. The van der Waals surface area contributed by atoms with Crippen molar-refractivity contribution in [3.63, 3.8) is 0 Å². The molecule has 2 N–H and O–H groups in total. The van der Waals surface area contributed by atoms with Crippen LogP contribution in [0.1, 0.15) is 29.2 Å². The third-order valence-electron chi connectivity index (χ3n) is 2.32. The number of hydrogen-bond acceptors (Lipinski definition) is 2. The van der Waals surface area contributed by atoms with Gasteiger partial charge in [0.25, 0.3) is 0 Å². The molecule has 0 aromatic heterocycles. The van der Waals surface area contributed by atoms with E-state index in [1.54, 1.807) is 0 Å². The Balaban J connectivity index is 2.84. The molecule has 0 fully saturated rings. The van der Waals surface area contributed by atoms with Crippen LogP contribution in [0.15, 0.2) is 18.2 Å². The molecule has 1 aromatic carbocycles. The first-order chi connectivity index (χ1) is 6.15. The van der Waals surface area contributed by atoms with E-state index in [9.17, 15) is 5.11 Å². The predicted octanol–water partition coefficient (Wildman–Crippen LogP) is 1.72. The van der Waals surface area contributed by atoms with Gasteiger partial charge in [0.15, 0.2) is 0 Å². The first-order valence-corrected chi connectivity index (χ1v) is 4.51. The van der Waals surface area contributed by atoms with E-state index in [0.717, 1.165) is 5.56 Å². The maximum Gasteiger partial charge on any atom is 0.0812 e. The van der Waals surface area contributed by atoms with Crippen molar-refractivity contribution in [2.75, 3.05) is 6.61 Å². The van der Waals surface area contributed by atoms with E-state index in [1.807, 2.05) is 32.0 Å². The van der Waals surface area contributed by atoms with Gasteiger partial charge < -0.3 is 10.2 Å². The summed E-state index contributed by atoms with van der Waals surface area (Å²) >= 11 is 0. The molecule has 2 heteroatoms. The second kappa shape index (κ2) is 4.40. The van der Waals surface area contributed by atoms with E-state index in [1.165, 1.54) is 11.1 Å². The Bertz CT molecular complexity index is 281. The van der Waals surface area contributed by atoms with E-state index in [2.05, 4.69) is 0 Å². The summed E-state index contributed by atoms with van der Waals surface area (Å²) < 4.78 is 0. The lowest BCUT2D eigenvalue weighted by molar-refractivity contribution is 0.134. The predicted molar refractivity (Wildman–Crippen MR) is 52.6 cm³/mol. The lowest BCUT2D eigenvalue weighted by Crippen LogP contribution is -2.00. The van der Waals surface area contributed by atoms with Crippen molar-refractivity contribution in [1.29, 1.82) is 0 Å².